The van der Waals surface area contributed by atoms with Gasteiger partial charge in [-0.05, 0) is 19.9 Å². The number of hydrogen-bond acceptors (Lipinski definition) is 3. The van der Waals surface area contributed by atoms with Gasteiger partial charge in [0.25, 0.3) is 5.91 Å². The Bertz CT molecular complexity index is 407. The van der Waals surface area contributed by atoms with Gasteiger partial charge in [-0.3, -0.25) is 4.79 Å². The quantitative estimate of drug-likeness (QED) is 0.585. The SMILES string of the molecule is C#CCCNC(=O)c1cc(C)nnc1C. The van der Waals surface area contributed by atoms with E-state index in [1.165, 1.54) is 0 Å². The molecule has 0 atom stereocenters. The van der Waals surface area contributed by atoms with Gasteiger partial charge in [0.05, 0.1) is 17.0 Å². The zero-order valence-electron chi connectivity index (χ0n) is 8.87. The second-order valence-corrected chi connectivity index (χ2v) is 3.19. The lowest BCUT2D eigenvalue weighted by Crippen LogP contribution is -2.25. The first kappa shape index (κ1) is 11.2. The third-order valence-corrected chi connectivity index (χ3v) is 1.90. The molecule has 1 N–H and O–H groups in total. The Balaban J connectivity index is 2.73. The van der Waals surface area contributed by atoms with Crippen LogP contribution in [0.25, 0.3) is 0 Å². The zero-order valence-corrected chi connectivity index (χ0v) is 8.87. The highest BCUT2D eigenvalue weighted by atomic mass is 16.1. The minimum atomic E-state index is -0.152. The van der Waals surface area contributed by atoms with Gasteiger partial charge in [0.1, 0.15) is 0 Å². The summed E-state index contributed by atoms with van der Waals surface area (Å²) in [6.45, 7) is 4.03. The summed E-state index contributed by atoms with van der Waals surface area (Å²) in [4.78, 5) is 11.6. The summed E-state index contributed by atoms with van der Waals surface area (Å²) in [5, 5.41) is 10.5. The highest BCUT2D eigenvalue weighted by Crippen LogP contribution is 2.04. The lowest BCUT2D eigenvalue weighted by atomic mass is 10.2. The number of hydrogen-bond donors (Lipinski definition) is 1. The number of aryl methyl sites for hydroxylation is 2. The van der Waals surface area contributed by atoms with Crippen molar-refractivity contribution in [1.29, 1.82) is 0 Å². The van der Waals surface area contributed by atoms with Gasteiger partial charge in [-0.2, -0.15) is 10.2 Å². The Kier molecular flexibility index (Phi) is 3.81. The molecule has 0 saturated heterocycles. The molecular weight excluding hydrogens is 190 g/mol. The number of carbonyl (C=O) groups is 1. The van der Waals surface area contributed by atoms with Gasteiger partial charge in [0.2, 0.25) is 0 Å². The maximum Gasteiger partial charge on any atom is 0.253 e. The monoisotopic (exact) mass is 203 g/mol. The molecule has 1 amide bonds. The summed E-state index contributed by atoms with van der Waals surface area (Å²) in [7, 11) is 0. The molecule has 15 heavy (non-hydrogen) atoms. The number of aromatic nitrogens is 2. The molecule has 0 saturated carbocycles. The molecule has 0 aliphatic rings. The fourth-order valence-corrected chi connectivity index (χ4v) is 1.12. The number of rotatable bonds is 3. The molecule has 0 radical (unpaired) electrons. The molecule has 1 aromatic heterocycles. The van der Waals surface area contributed by atoms with Gasteiger partial charge in [0, 0.05) is 13.0 Å². The fourth-order valence-electron chi connectivity index (χ4n) is 1.12. The van der Waals surface area contributed by atoms with Gasteiger partial charge in [0.15, 0.2) is 0 Å². The number of amides is 1. The second-order valence-electron chi connectivity index (χ2n) is 3.19. The van der Waals surface area contributed by atoms with Crippen LogP contribution in [0.4, 0.5) is 0 Å². The van der Waals surface area contributed by atoms with Crippen LogP contribution in [0.15, 0.2) is 6.07 Å². The highest BCUT2D eigenvalue weighted by Gasteiger charge is 2.09. The summed E-state index contributed by atoms with van der Waals surface area (Å²) < 4.78 is 0. The summed E-state index contributed by atoms with van der Waals surface area (Å²) in [6, 6.07) is 1.72. The molecule has 0 aliphatic carbocycles. The van der Waals surface area contributed by atoms with E-state index in [4.69, 9.17) is 6.42 Å². The Morgan fingerprint density at radius 1 is 1.53 bits per heavy atom. The van der Waals surface area contributed by atoms with Crippen molar-refractivity contribution in [1.82, 2.24) is 15.5 Å². The molecule has 0 aliphatic heterocycles. The molecule has 0 unspecified atom stereocenters. The average molecular weight is 203 g/mol. The van der Waals surface area contributed by atoms with E-state index in [1.807, 2.05) is 0 Å². The second kappa shape index (κ2) is 5.11. The number of nitrogens with one attached hydrogen (secondary N) is 1. The molecule has 4 heteroatoms. The maximum atomic E-state index is 11.6. The Morgan fingerprint density at radius 3 is 2.93 bits per heavy atom. The van der Waals surface area contributed by atoms with E-state index in [9.17, 15) is 4.79 Å². The summed E-state index contributed by atoms with van der Waals surface area (Å²) in [6.07, 6.45) is 5.61. The van der Waals surface area contributed by atoms with Gasteiger partial charge in [-0.1, -0.05) is 0 Å². The molecule has 0 aromatic carbocycles. The summed E-state index contributed by atoms with van der Waals surface area (Å²) in [5.74, 6) is 2.31. The Labute approximate surface area is 89.1 Å². The molecular formula is C11H13N3O. The van der Waals surface area contributed by atoms with Crippen molar-refractivity contribution in [2.45, 2.75) is 20.3 Å². The summed E-state index contributed by atoms with van der Waals surface area (Å²) >= 11 is 0. The molecule has 1 rings (SSSR count). The first-order chi connectivity index (χ1) is 7.15. The van der Waals surface area contributed by atoms with Crippen LogP contribution in [0, 0.1) is 26.2 Å². The van der Waals surface area contributed by atoms with Crippen molar-refractivity contribution < 1.29 is 4.79 Å². The van der Waals surface area contributed by atoms with E-state index in [1.54, 1.807) is 19.9 Å². The Morgan fingerprint density at radius 2 is 2.27 bits per heavy atom. The molecule has 0 spiro atoms. The molecule has 0 bridgehead atoms. The van der Waals surface area contributed by atoms with Crippen LogP contribution in [0.2, 0.25) is 0 Å². The van der Waals surface area contributed by atoms with Gasteiger partial charge >= 0.3 is 0 Å². The molecule has 1 heterocycles. The predicted molar refractivity (Wildman–Crippen MR) is 57.3 cm³/mol. The van der Waals surface area contributed by atoms with Crippen LogP contribution in [0.5, 0.6) is 0 Å². The number of nitrogens with zero attached hydrogens (tertiary/aromatic N) is 2. The first-order valence-corrected chi connectivity index (χ1v) is 4.67. The van der Waals surface area contributed by atoms with E-state index < -0.39 is 0 Å². The van der Waals surface area contributed by atoms with Gasteiger partial charge in [-0.25, -0.2) is 0 Å². The van der Waals surface area contributed by atoms with E-state index >= 15 is 0 Å². The minimum Gasteiger partial charge on any atom is -0.351 e. The zero-order chi connectivity index (χ0) is 11.3. The third kappa shape index (κ3) is 3.06. The standard InChI is InChI=1S/C11H13N3O/c1-4-5-6-12-11(15)10-7-8(2)13-14-9(10)3/h1,7H,5-6H2,2-3H3,(H,12,15). The van der Waals surface area contributed by atoms with Crippen molar-refractivity contribution in [3.63, 3.8) is 0 Å². The van der Waals surface area contributed by atoms with Crippen molar-refractivity contribution in [3.8, 4) is 12.3 Å². The highest BCUT2D eigenvalue weighted by molar-refractivity contribution is 5.95. The van der Waals surface area contributed by atoms with Gasteiger partial charge in [-0.15, -0.1) is 12.3 Å². The van der Waals surface area contributed by atoms with Crippen LogP contribution < -0.4 is 5.32 Å². The predicted octanol–water partition coefficient (Wildman–Crippen LogP) is 0.847. The topological polar surface area (TPSA) is 54.9 Å². The Hall–Kier alpha value is -1.89. The number of terminal acetylenes is 1. The normalized spacial score (nSPS) is 9.40. The maximum absolute atomic E-state index is 11.6. The smallest absolute Gasteiger partial charge is 0.253 e. The van der Waals surface area contributed by atoms with E-state index in [0.717, 1.165) is 5.69 Å². The fraction of sp³-hybridized carbons (Fsp3) is 0.364. The molecule has 1 aromatic rings. The van der Waals surface area contributed by atoms with E-state index in [-0.39, 0.29) is 5.91 Å². The van der Waals surface area contributed by atoms with Gasteiger partial charge < -0.3 is 5.32 Å². The lowest BCUT2D eigenvalue weighted by Gasteiger charge is -2.05. The minimum absolute atomic E-state index is 0.152. The van der Waals surface area contributed by atoms with Crippen LogP contribution in [0.3, 0.4) is 0 Å². The largest absolute Gasteiger partial charge is 0.351 e. The molecule has 0 fully saturated rings. The first-order valence-electron chi connectivity index (χ1n) is 4.67. The van der Waals surface area contributed by atoms with Crippen molar-refractivity contribution in [2.75, 3.05) is 6.54 Å². The molecule has 4 nitrogen and oxygen atoms in total. The number of carbonyl (C=O) groups excluding carboxylic acids is 1. The summed E-state index contributed by atoms with van der Waals surface area (Å²) in [5.41, 5.74) is 1.90. The average Bonchev–Trinajstić information content (AvgIpc) is 2.22. The van der Waals surface area contributed by atoms with Crippen LogP contribution >= 0.6 is 0 Å². The van der Waals surface area contributed by atoms with Crippen LogP contribution in [-0.4, -0.2) is 22.6 Å². The van der Waals surface area contributed by atoms with Crippen LogP contribution in [0.1, 0.15) is 28.2 Å². The van der Waals surface area contributed by atoms with E-state index in [0.29, 0.717) is 24.2 Å². The van der Waals surface area contributed by atoms with Crippen molar-refractivity contribution in [2.24, 2.45) is 0 Å². The van der Waals surface area contributed by atoms with Crippen molar-refractivity contribution in [3.05, 3.63) is 23.0 Å². The third-order valence-electron chi connectivity index (χ3n) is 1.90. The lowest BCUT2D eigenvalue weighted by molar-refractivity contribution is 0.0953. The van der Waals surface area contributed by atoms with E-state index in [2.05, 4.69) is 21.4 Å². The molecule has 78 valence electrons. The van der Waals surface area contributed by atoms with Crippen molar-refractivity contribution >= 4 is 5.91 Å². The van der Waals surface area contributed by atoms with Crippen LogP contribution in [-0.2, 0) is 0 Å².